The summed E-state index contributed by atoms with van der Waals surface area (Å²) in [6.07, 6.45) is -0.332. The second kappa shape index (κ2) is 6.55. The maximum atomic E-state index is 11.4. The van der Waals surface area contributed by atoms with Crippen molar-refractivity contribution in [2.75, 3.05) is 27.0 Å². The molecule has 0 saturated heterocycles. The Morgan fingerprint density at radius 2 is 2.00 bits per heavy atom. The molecule has 0 unspecified atom stereocenters. The minimum atomic E-state index is -3.34. The van der Waals surface area contributed by atoms with E-state index in [0.29, 0.717) is 0 Å². The Labute approximate surface area is 82.3 Å². The normalized spacial score (nSPS) is 10.6. The number of nitriles is 1. The first-order chi connectivity index (χ1) is 6.58. The lowest BCUT2D eigenvalue weighted by Crippen LogP contribution is -2.12. The van der Waals surface area contributed by atoms with Crippen molar-refractivity contribution in [2.24, 2.45) is 0 Å². The van der Waals surface area contributed by atoms with E-state index in [1.807, 2.05) is 0 Å². The van der Waals surface area contributed by atoms with Gasteiger partial charge in [0.15, 0.2) is 0 Å². The fourth-order valence-electron chi connectivity index (χ4n) is 0.618. The molecule has 7 heteroatoms. The van der Waals surface area contributed by atoms with E-state index in [4.69, 9.17) is 5.26 Å². The summed E-state index contributed by atoms with van der Waals surface area (Å²) in [6.45, 7) is -0.0111. The highest BCUT2D eigenvalue weighted by Gasteiger charge is 2.26. The molecule has 0 bridgehead atoms. The third-order valence-corrected chi connectivity index (χ3v) is 3.11. The number of carbonyl (C=O) groups excluding carboxylic acids is 1. The molecule has 80 valence electrons. The van der Waals surface area contributed by atoms with E-state index in [2.05, 4.69) is 13.8 Å². The lowest BCUT2D eigenvalue weighted by atomic mass is 10.5. The van der Waals surface area contributed by atoms with Gasteiger partial charge in [-0.25, -0.2) is 0 Å². The zero-order valence-electron chi connectivity index (χ0n) is 8.06. The zero-order valence-corrected chi connectivity index (χ0v) is 8.95. The number of carbonyl (C=O) groups is 1. The van der Waals surface area contributed by atoms with E-state index < -0.39 is 19.7 Å². The highest BCUT2D eigenvalue weighted by molar-refractivity contribution is 7.54. The summed E-state index contributed by atoms with van der Waals surface area (Å²) >= 11 is 0. The molecule has 6 nitrogen and oxygen atoms in total. The summed E-state index contributed by atoms with van der Waals surface area (Å²) in [7, 11) is -0.969. The molecule has 0 amide bonds. The smallest absolute Gasteiger partial charge is 0.341 e. The molecule has 0 aliphatic heterocycles. The molecule has 14 heavy (non-hydrogen) atoms. The van der Waals surface area contributed by atoms with Crippen molar-refractivity contribution in [3.05, 3.63) is 0 Å². The van der Waals surface area contributed by atoms with Crippen molar-refractivity contribution >= 4 is 13.6 Å². The van der Waals surface area contributed by atoms with Crippen LogP contribution in [0, 0.1) is 11.3 Å². The number of hydrogen-bond donors (Lipinski definition) is 0. The van der Waals surface area contributed by atoms with Crippen molar-refractivity contribution in [1.29, 1.82) is 5.26 Å². The Hall–Kier alpha value is -0.890. The first-order valence-corrected chi connectivity index (χ1v) is 5.54. The molecular formula is C7H12NO5P. The van der Waals surface area contributed by atoms with Crippen LogP contribution in [-0.2, 0) is 23.1 Å². The summed E-state index contributed by atoms with van der Waals surface area (Å²) in [5.74, 6) is -0.702. The lowest BCUT2D eigenvalue weighted by molar-refractivity contribution is -0.140. The topological polar surface area (TPSA) is 85.6 Å². The summed E-state index contributed by atoms with van der Waals surface area (Å²) in [6, 6.07) is 1.81. The SMILES string of the molecule is COP(=O)(CC(=O)OCCC#N)OC. The molecule has 0 aliphatic carbocycles. The molecule has 0 fully saturated rings. The van der Waals surface area contributed by atoms with Gasteiger partial charge in [0.25, 0.3) is 0 Å². The average Bonchev–Trinajstić information content (AvgIpc) is 2.18. The van der Waals surface area contributed by atoms with E-state index in [1.54, 1.807) is 6.07 Å². The molecule has 0 rings (SSSR count). The van der Waals surface area contributed by atoms with Crippen LogP contribution in [-0.4, -0.2) is 33.0 Å². The lowest BCUT2D eigenvalue weighted by Gasteiger charge is -2.12. The Kier molecular flexibility index (Phi) is 6.13. The second-order valence-electron chi connectivity index (χ2n) is 2.26. The van der Waals surface area contributed by atoms with Crippen LogP contribution in [0.4, 0.5) is 0 Å². The van der Waals surface area contributed by atoms with Crippen LogP contribution in [0.5, 0.6) is 0 Å². The molecule has 0 aromatic rings. The summed E-state index contributed by atoms with van der Waals surface area (Å²) in [4.78, 5) is 11.0. The molecule has 0 aliphatic rings. The number of ether oxygens (including phenoxy) is 1. The van der Waals surface area contributed by atoms with Gasteiger partial charge in [0, 0.05) is 14.2 Å². The predicted octanol–water partition coefficient (Wildman–Crippen LogP) is 0.929. The molecule has 0 spiro atoms. The zero-order chi connectivity index (χ0) is 11.0. The predicted molar refractivity (Wildman–Crippen MR) is 47.7 cm³/mol. The Morgan fingerprint density at radius 1 is 1.43 bits per heavy atom. The van der Waals surface area contributed by atoms with Crippen LogP contribution in [0.3, 0.4) is 0 Å². The van der Waals surface area contributed by atoms with Crippen LogP contribution in [0.1, 0.15) is 6.42 Å². The third-order valence-electron chi connectivity index (χ3n) is 1.36. The first-order valence-electron chi connectivity index (χ1n) is 3.81. The Balaban J connectivity index is 3.93. The second-order valence-corrected chi connectivity index (χ2v) is 4.53. The van der Waals surface area contributed by atoms with Gasteiger partial charge in [0.05, 0.1) is 12.5 Å². The van der Waals surface area contributed by atoms with Gasteiger partial charge in [-0.1, -0.05) is 0 Å². The fourth-order valence-corrected chi connectivity index (χ4v) is 1.43. The molecule has 0 radical (unpaired) electrons. The van der Waals surface area contributed by atoms with Gasteiger partial charge in [0.2, 0.25) is 0 Å². The number of esters is 1. The highest BCUT2D eigenvalue weighted by atomic mass is 31.2. The van der Waals surface area contributed by atoms with Crippen LogP contribution in [0.15, 0.2) is 0 Å². The third kappa shape index (κ3) is 4.97. The van der Waals surface area contributed by atoms with Crippen molar-refractivity contribution in [3.8, 4) is 6.07 Å². The summed E-state index contributed by atoms with van der Waals surface area (Å²) in [5.41, 5.74) is 0. The molecule has 0 saturated carbocycles. The van der Waals surface area contributed by atoms with E-state index >= 15 is 0 Å². The highest BCUT2D eigenvalue weighted by Crippen LogP contribution is 2.45. The van der Waals surface area contributed by atoms with Crippen LogP contribution in [0.25, 0.3) is 0 Å². The van der Waals surface area contributed by atoms with E-state index in [1.165, 1.54) is 14.2 Å². The van der Waals surface area contributed by atoms with Crippen LogP contribution >= 0.6 is 7.60 Å². The summed E-state index contributed by atoms with van der Waals surface area (Å²) < 4.78 is 25.0. The Bertz CT molecular complexity index is 264. The van der Waals surface area contributed by atoms with Gasteiger partial charge in [0.1, 0.15) is 12.8 Å². The minimum Gasteiger partial charge on any atom is -0.464 e. The molecule has 0 N–H and O–H groups in total. The maximum Gasteiger partial charge on any atom is 0.341 e. The average molecular weight is 221 g/mol. The number of hydrogen-bond acceptors (Lipinski definition) is 6. The monoisotopic (exact) mass is 221 g/mol. The van der Waals surface area contributed by atoms with Gasteiger partial charge in [-0.05, 0) is 0 Å². The number of rotatable bonds is 6. The molecular weight excluding hydrogens is 209 g/mol. The van der Waals surface area contributed by atoms with Crippen LogP contribution in [0.2, 0.25) is 0 Å². The molecule has 0 heterocycles. The maximum absolute atomic E-state index is 11.4. The van der Waals surface area contributed by atoms with E-state index in [0.717, 1.165) is 0 Å². The van der Waals surface area contributed by atoms with Crippen LogP contribution < -0.4 is 0 Å². The molecule has 0 atom stereocenters. The minimum absolute atomic E-state index is 0.0111. The van der Waals surface area contributed by atoms with E-state index in [-0.39, 0.29) is 13.0 Å². The standard InChI is InChI=1S/C7H12NO5P/c1-11-14(10,12-2)6-7(9)13-5-3-4-8/h3,5-6H2,1-2H3. The van der Waals surface area contributed by atoms with Gasteiger partial charge in [-0.2, -0.15) is 5.26 Å². The van der Waals surface area contributed by atoms with Crippen molar-refractivity contribution in [3.63, 3.8) is 0 Å². The van der Waals surface area contributed by atoms with Crippen molar-refractivity contribution < 1.29 is 23.1 Å². The molecule has 0 aromatic heterocycles. The van der Waals surface area contributed by atoms with Gasteiger partial charge in [-0.15, -0.1) is 0 Å². The van der Waals surface area contributed by atoms with Gasteiger partial charge in [-0.3, -0.25) is 9.36 Å². The van der Waals surface area contributed by atoms with Gasteiger partial charge < -0.3 is 13.8 Å². The van der Waals surface area contributed by atoms with Crippen molar-refractivity contribution in [2.45, 2.75) is 6.42 Å². The molecule has 0 aromatic carbocycles. The fraction of sp³-hybridized carbons (Fsp3) is 0.714. The number of nitrogens with zero attached hydrogens (tertiary/aromatic N) is 1. The van der Waals surface area contributed by atoms with E-state index in [9.17, 15) is 9.36 Å². The Morgan fingerprint density at radius 3 is 2.43 bits per heavy atom. The van der Waals surface area contributed by atoms with Gasteiger partial charge >= 0.3 is 13.6 Å². The first kappa shape index (κ1) is 13.1. The van der Waals surface area contributed by atoms with Crippen molar-refractivity contribution in [1.82, 2.24) is 0 Å². The summed E-state index contributed by atoms with van der Waals surface area (Å²) in [5, 5.41) is 8.16. The largest absolute Gasteiger partial charge is 0.464 e. The quantitative estimate of drug-likeness (QED) is 0.376.